The number of thiophene rings is 1. The number of imide groups is 1. The molecule has 1 aliphatic heterocycles. The van der Waals surface area contributed by atoms with Crippen molar-refractivity contribution >= 4 is 34.9 Å². The minimum atomic E-state index is -0.435. The number of rotatable bonds is 5. The largest absolute Gasteiger partial charge is 0.336 e. The Kier molecular flexibility index (Phi) is 7.03. The van der Waals surface area contributed by atoms with Gasteiger partial charge in [0, 0.05) is 43.6 Å². The second kappa shape index (κ2) is 8.80. The average molecular weight is 373 g/mol. The Balaban J connectivity index is 1.76. The number of hydrogen-bond donors (Lipinski definition) is 2. The molecule has 0 saturated carbocycles. The molecule has 0 radical (unpaired) electrons. The van der Waals surface area contributed by atoms with Crippen LogP contribution in [0.25, 0.3) is 0 Å². The molecule has 2 rings (SSSR count). The SMILES string of the molecule is CC(C)NC(=O)NC(=O)C(C)N1CCN(Cc2ccc(Cl)s2)CC1. The summed E-state index contributed by atoms with van der Waals surface area (Å²) in [6.07, 6.45) is 0. The van der Waals surface area contributed by atoms with Crippen molar-refractivity contribution in [3.8, 4) is 0 Å². The second-order valence-corrected chi connectivity index (χ2v) is 8.11. The topological polar surface area (TPSA) is 64.7 Å². The van der Waals surface area contributed by atoms with Crippen molar-refractivity contribution in [1.82, 2.24) is 20.4 Å². The van der Waals surface area contributed by atoms with Crippen molar-refractivity contribution in [2.75, 3.05) is 26.2 Å². The van der Waals surface area contributed by atoms with E-state index in [1.165, 1.54) is 4.88 Å². The lowest BCUT2D eigenvalue weighted by Crippen LogP contribution is -2.55. The smallest absolute Gasteiger partial charge is 0.321 e. The van der Waals surface area contributed by atoms with E-state index in [-0.39, 0.29) is 18.0 Å². The molecule has 1 atom stereocenters. The molecule has 2 N–H and O–H groups in total. The zero-order valence-corrected chi connectivity index (χ0v) is 15.9. The summed E-state index contributed by atoms with van der Waals surface area (Å²) in [5.41, 5.74) is 0. The van der Waals surface area contributed by atoms with Gasteiger partial charge in [-0.25, -0.2) is 4.79 Å². The van der Waals surface area contributed by atoms with E-state index in [1.807, 2.05) is 26.8 Å². The number of nitrogens with zero attached hydrogens (tertiary/aromatic N) is 2. The Morgan fingerprint density at radius 3 is 2.42 bits per heavy atom. The van der Waals surface area contributed by atoms with Gasteiger partial charge in [-0.15, -0.1) is 11.3 Å². The number of hydrogen-bond acceptors (Lipinski definition) is 5. The van der Waals surface area contributed by atoms with Gasteiger partial charge in [0.15, 0.2) is 0 Å². The summed E-state index contributed by atoms with van der Waals surface area (Å²) in [5.74, 6) is -0.258. The molecular formula is C16H25ClN4O2S. The summed E-state index contributed by atoms with van der Waals surface area (Å²) < 4.78 is 0.814. The summed E-state index contributed by atoms with van der Waals surface area (Å²) in [7, 11) is 0. The van der Waals surface area contributed by atoms with E-state index >= 15 is 0 Å². The van der Waals surface area contributed by atoms with Crippen molar-refractivity contribution < 1.29 is 9.59 Å². The third kappa shape index (κ3) is 5.73. The van der Waals surface area contributed by atoms with Gasteiger partial charge in [-0.05, 0) is 32.9 Å². The highest BCUT2D eigenvalue weighted by molar-refractivity contribution is 7.16. The van der Waals surface area contributed by atoms with Crippen molar-refractivity contribution in [1.29, 1.82) is 0 Å². The number of amides is 3. The van der Waals surface area contributed by atoms with Crippen LogP contribution >= 0.6 is 22.9 Å². The van der Waals surface area contributed by atoms with Crippen LogP contribution in [0.2, 0.25) is 4.34 Å². The van der Waals surface area contributed by atoms with Crippen molar-refractivity contribution in [2.24, 2.45) is 0 Å². The maximum atomic E-state index is 12.2. The maximum Gasteiger partial charge on any atom is 0.321 e. The Morgan fingerprint density at radius 1 is 1.21 bits per heavy atom. The van der Waals surface area contributed by atoms with E-state index in [1.54, 1.807) is 11.3 Å². The average Bonchev–Trinajstić information content (AvgIpc) is 2.91. The van der Waals surface area contributed by atoms with Gasteiger partial charge < -0.3 is 5.32 Å². The molecule has 0 aromatic carbocycles. The third-order valence-corrected chi connectivity index (χ3v) is 5.21. The fourth-order valence-electron chi connectivity index (χ4n) is 2.65. The molecular weight excluding hydrogens is 348 g/mol. The minimum absolute atomic E-state index is 0.00223. The molecule has 1 fully saturated rings. The van der Waals surface area contributed by atoms with Crippen LogP contribution in [-0.2, 0) is 11.3 Å². The first kappa shape index (κ1) is 19.2. The predicted molar refractivity (Wildman–Crippen MR) is 97.5 cm³/mol. The highest BCUT2D eigenvalue weighted by Gasteiger charge is 2.26. The van der Waals surface area contributed by atoms with Crippen LogP contribution < -0.4 is 10.6 Å². The molecule has 1 saturated heterocycles. The first-order valence-electron chi connectivity index (χ1n) is 8.17. The lowest BCUT2D eigenvalue weighted by atomic mass is 10.2. The highest BCUT2D eigenvalue weighted by Crippen LogP contribution is 2.23. The maximum absolute atomic E-state index is 12.2. The highest BCUT2D eigenvalue weighted by atomic mass is 35.5. The summed E-state index contributed by atoms with van der Waals surface area (Å²) >= 11 is 7.57. The van der Waals surface area contributed by atoms with E-state index in [0.29, 0.717) is 0 Å². The third-order valence-electron chi connectivity index (χ3n) is 4.00. The van der Waals surface area contributed by atoms with E-state index in [9.17, 15) is 9.59 Å². The van der Waals surface area contributed by atoms with E-state index in [0.717, 1.165) is 37.1 Å². The first-order valence-corrected chi connectivity index (χ1v) is 9.36. The fourth-order valence-corrected chi connectivity index (χ4v) is 3.78. The van der Waals surface area contributed by atoms with Gasteiger partial charge in [0.05, 0.1) is 10.4 Å². The molecule has 2 heterocycles. The number of carbonyl (C=O) groups is 2. The van der Waals surface area contributed by atoms with Gasteiger partial charge in [0.25, 0.3) is 0 Å². The molecule has 1 unspecified atom stereocenters. The number of nitrogens with one attached hydrogen (secondary N) is 2. The second-order valence-electron chi connectivity index (χ2n) is 6.31. The predicted octanol–water partition coefficient (Wildman–Crippen LogP) is 2.14. The molecule has 0 bridgehead atoms. The van der Waals surface area contributed by atoms with Crippen molar-refractivity contribution in [3.63, 3.8) is 0 Å². The summed E-state index contributed by atoms with van der Waals surface area (Å²) in [6, 6.07) is 3.23. The molecule has 8 heteroatoms. The van der Waals surface area contributed by atoms with Gasteiger partial charge in [-0.1, -0.05) is 11.6 Å². The molecule has 0 aliphatic carbocycles. The number of piperazine rings is 1. The van der Waals surface area contributed by atoms with Crippen LogP contribution in [0.15, 0.2) is 12.1 Å². The molecule has 3 amide bonds. The Hall–Kier alpha value is -1.15. The van der Waals surface area contributed by atoms with Crippen molar-refractivity contribution in [2.45, 2.75) is 39.4 Å². The zero-order chi connectivity index (χ0) is 17.7. The Bertz CT molecular complexity index is 570. The van der Waals surface area contributed by atoms with Crippen LogP contribution in [0.3, 0.4) is 0 Å². The zero-order valence-electron chi connectivity index (χ0n) is 14.3. The quantitative estimate of drug-likeness (QED) is 0.831. The van der Waals surface area contributed by atoms with Crippen LogP contribution in [0.1, 0.15) is 25.6 Å². The Morgan fingerprint density at radius 2 is 1.88 bits per heavy atom. The summed E-state index contributed by atoms with van der Waals surface area (Å²) in [6.45, 7) is 9.84. The van der Waals surface area contributed by atoms with E-state index in [4.69, 9.17) is 11.6 Å². The fraction of sp³-hybridized carbons (Fsp3) is 0.625. The summed E-state index contributed by atoms with van der Waals surface area (Å²) in [4.78, 5) is 29.5. The van der Waals surface area contributed by atoms with Gasteiger partial charge in [-0.2, -0.15) is 0 Å². The van der Waals surface area contributed by atoms with E-state index in [2.05, 4.69) is 26.5 Å². The van der Waals surface area contributed by atoms with Crippen LogP contribution in [0, 0.1) is 0 Å². The summed E-state index contributed by atoms with van der Waals surface area (Å²) in [5, 5.41) is 5.07. The lowest BCUT2D eigenvalue weighted by Gasteiger charge is -2.37. The molecule has 0 spiro atoms. The number of urea groups is 1. The lowest BCUT2D eigenvalue weighted by molar-refractivity contribution is -0.125. The monoisotopic (exact) mass is 372 g/mol. The van der Waals surface area contributed by atoms with Gasteiger partial charge >= 0.3 is 6.03 Å². The van der Waals surface area contributed by atoms with Gasteiger partial charge in [0.2, 0.25) is 5.91 Å². The molecule has 1 aliphatic rings. The standard InChI is InChI=1S/C16H25ClN4O2S/c1-11(2)18-16(23)19-15(22)12(3)21-8-6-20(7-9-21)10-13-4-5-14(17)24-13/h4-5,11-12H,6-10H2,1-3H3,(H2,18,19,22,23). The molecule has 6 nitrogen and oxygen atoms in total. The molecule has 1 aromatic rings. The van der Waals surface area contributed by atoms with Crippen molar-refractivity contribution in [3.05, 3.63) is 21.3 Å². The van der Waals surface area contributed by atoms with Gasteiger partial charge in [-0.3, -0.25) is 19.9 Å². The molecule has 24 heavy (non-hydrogen) atoms. The number of halogens is 1. The van der Waals surface area contributed by atoms with Gasteiger partial charge in [0.1, 0.15) is 0 Å². The van der Waals surface area contributed by atoms with Crippen LogP contribution in [0.5, 0.6) is 0 Å². The minimum Gasteiger partial charge on any atom is -0.336 e. The van der Waals surface area contributed by atoms with E-state index < -0.39 is 6.03 Å². The Labute approximate surface area is 152 Å². The first-order chi connectivity index (χ1) is 11.3. The van der Waals surface area contributed by atoms with Crippen LogP contribution in [-0.4, -0.2) is 60.0 Å². The normalized spacial score (nSPS) is 17.7. The molecule has 134 valence electrons. The molecule has 1 aromatic heterocycles. The number of carbonyl (C=O) groups excluding carboxylic acids is 2. The van der Waals surface area contributed by atoms with Crippen LogP contribution in [0.4, 0.5) is 4.79 Å².